The first-order valence-corrected chi connectivity index (χ1v) is 4.23. The van der Waals surface area contributed by atoms with Crippen molar-refractivity contribution in [3.63, 3.8) is 0 Å². The van der Waals surface area contributed by atoms with Gasteiger partial charge in [0.05, 0.1) is 0 Å². The van der Waals surface area contributed by atoms with Crippen molar-refractivity contribution < 1.29 is 14.1 Å². The molecule has 0 saturated heterocycles. The van der Waals surface area contributed by atoms with E-state index in [1.165, 1.54) is 18.2 Å². The zero-order valence-electron chi connectivity index (χ0n) is 7.12. The van der Waals surface area contributed by atoms with E-state index in [-0.39, 0.29) is 0 Å². The highest BCUT2D eigenvalue weighted by Gasteiger charge is 2.35. The quantitative estimate of drug-likeness (QED) is 0.667. The van der Waals surface area contributed by atoms with E-state index < -0.39 is 21.7 Å². The van der Waals surface area contributed by atoms with Gasteiger partial charge in [0.25, 0.3) is 0 Å². The minimum absolute atomic E-state index is 1.05. The highest BCUT2D eigenvalue weighted by atomic mass is 32.2. The molecule has 0 aromatic carbocycles. The molecule has 1 N–H and O–H groups in total. The number of carbonyl (C=O) groups is 1. The van der Waals surface area contributed by atoms with E-state index in [9.17, 15) is 9.00 Å². The second-order valence-electron chi connectivity index (χ2n) is 2.88. The lowest BCUT2D eigenvalue weighted by atomic mass is 10.2. The number of carboxylic acids is 1. The monoisotopic (exact) mass is 179 g/mol. The number of hydrogen-bond acceptors (Lipinski definition) is 2. The second-order valence-corrected chi connectivity index (χ2v) is 5.13. The summed E-state index contributed by atoms with van der Waals surface area (Å²) in [5.41, 5.74) is 0. The number of aliphatic carboxylic acids is 1. The molecule has 4 nitrogen and oxygen atoms in total. The molecule has 11 heavy (non-hydrogen) atoms. The first-order chi connectivity index (χ1) is 4.80. The summed E-state index contributed by atoms with van der Waals surface area (Å²) in [5.74, 6) is -1.05. The average Bonchev–Trinajstić information content (AvgIpc) is 1.85. The Morgan fingerprint density at radius 2 is 1.82 bits per heavy atom. The molecule has 5 heteroatoms. The van der Waals surface area contributed by atoms with Crippen LogP contribution in [0, 0.1) is 0 Å². The van der Waals surface area contributed by atoms with Gasteiger partial charge in [-0.05, 0) is 27.9 Å². The molecule has 66 valence electrons. The van der Waals surface area contributed by atoms with E-state index >= 15 is 0 Å². The van der Waals surface area contributed by atoms with Gasteiger partial charge in [-0.15, -0.1) is 0 Å². The first kappa shape index (κ1) is 10.6. The minimum Gasteiger partial charge on any atom is -0.480 e. The van der Waals surface area contributed by atoms with Crippen molar-refractivity contribution in [2.24, 2.45) is 0 Å². The van der Waals surface area contributed by atoms with Crippen LogP contribution < -0.4 is 0 Å². The number of hydrogen-bond donors (Lipinski definition) is 1. The maximum Gasteiger partial charge on any atom is 0.323 e. The van der Waals surface area contributed by atoms with E-state index in [4.69, 9.17) is 5.11 Å². The maximum absolute atomic E-state index is 11.3. The molecule has 0 aliphatic heterocycles. The van der Waals surface area contributed by atoms with Crippen LogP contribution in [0.25, 0.3) is 0 Å². The van der Waals surface area contributed by atoms with Gasteiger partial charge in [0.2, 0.25) is 0 Å². The third-order valence-electron chi connectivity index (χ3n) is 1.28. The van der Waals surface area contributed by atoms with Crippen LogP contribution in [0.3, 0.4) is 0 Å². The third kappa shape index (κ3) is 2.27. The molecule has 0 aliphatic carbocycles. The molecule has 0 aliphatic rings. The van der Waals surface area contributed by atoms with Crippen molar-refractivity contribution in [2.45, 2.75) is 18.6 Å². The Morgan fingerprint density at radius 1 is 1.45 bits per heavy atom. The third-order valence-corrected chi connectivity index (χ3v) is 2.99. The van der Waals surface area contributed by atoms with Crippen LogP contribution in [0.4, 0.5) is 0 Å². The van der Waals surface area contributed by atoms with Gasteiger partial charge in [0.1, 0.15) is 11.0 Å². The van der Waals surface area contributed by atoms with E-state index in [0.29, 0.717) is 0 Å². The highest BCUT2D eigenvalue weighted by molar-refractivity contribution is 7.84. The van der Waals surface area contributed by atoms with Crippen LogP contribution in [0.2, 0.25) is 0 Å². The molecule has 0 heterocycles. The molecular formula is C6H13NO3S. The van der Waals surface area contributed by atoms with Gasteiger partial charge < -0.3 is 5.11 Å². The summed E-state index contributed by atoms with van der Waals surface area (Å²) in [6.07, 6.45) is 0. The zero-order chi connectivity index (χ0) is 9.23. The Labute approximate surface area is 68.8 Å². The summed E-state index contributed by atoms with van der Waals surface area (Å²) in [6, 6.07) is 0. The Kier molecular flexibility index (Phi) is 3.19. The van der Waals surface area contributed by atoms with Crippen LogP contribution in [0.15, 0.2) is 0 Å². The second kappa shape index (κ2) is 3.32. The Morgan fingerprint density at radius 3 is 1.91 bits per heavy atom. The SMILES string of the molecule is CN(C)S(=O)C(C)(C)C(=O)O. The van der Waals surface area contributed by atoms with Crippen LogP contribution in [0.1, 0.15) is 13.8 Å². The molecule has 1 atom stereocenters. The predicted molar refractivity (Wildman–Crippen MR) is 43.5 cm³/mol. The lowest BCUT2D eigenvalue weighted by Crippen LogP contribution is -2.42. The summed E-state index contributed by atoms with van der Waals surface area (Å²) in [4.78, 5) is 10.5. The summed E-state index contributed by atoms with van der Waals surface area (Å²) in [6.45, 7) is 2.87. The van der Waals surface area contributed by atoms with Gasteiger partial charge in [-0.25, -0.2) is 8.51 Å². The predicted octanol–water partition coefficient (Wildman–Crippen LogP) is 0.0749. The molecule has 0 aromatic rings. The van der Waals surface area contributed by atoms with Crippen LogP contribution in [-0.2, 0) is 15.8 Å². The standard InChI is InChI=1S/C6H13NO3S/c1-6(2,5(8)9)11(10)7(3)4/h1-4H3,(H,8,9). The Balaban J connectivity index is 4.56. The van der Waals surface area contributed by atoms with Gasteiger partial charge in [0.15, 0.2) is 4.75 Å². The maximum atomic E-state index is 11.3. The van der Waals surface area contributed by atoms with Crippen LogP contribution in [-0.4, -0.2) is 38.4 Å². The Bertz CT molecular complexity index is 188. The fraction of sp³-hybridized carbons (Fsp3) is 0.833. The van der Waals surface area contributed by atoms with E-state index in [1.54, 1.807) is 14.1 Å². The lowest BCUT2D eigenvalue weighted by Gasteiger charge is -2.22. The van der Waals surface area contributed by atoms with Crippen molar-refractivity contribution in [2.75, 3.05) is 14.1 Å². The fourth-order valence-electron chi connectivity index (χ4n) is 0.531. The summed E-state index contributed by atoms with van der Waals surface area (Å²) in [7, 11) is 1.69. The molecule has 0 bridgehead atoms. The molecular weight excluding hydrogens is 166 g/mol. The molecule has 0 amide bonds. The van der Waals surface area contributed by atoms with Gasteiger partial charge >= 0.3 is 5.97 Å². The summed E-state index contributed by atoms with van der Waals surface area (Å²) in [5, 5.41) is 8.64. The van der Waals surface area contributed by atoms with Gasteiger partial charge in [-0.3, -0.25) is 4.79 Å². The van der Waals surface area contributed by atoms with Crippen molar-refractivity contribution in [3.05, 3.63) is 0 Å². The molecule has 0 aromatic heterocycles. The fourth-order valence-corrected chi connectivity index (χ4v) is 1.59. The topological polar surface area (TPSA) is 57.6 Å². The van der Waals surface area contributed by atoms with Gasteiger partial charge in [0, 0.05) is 0 Å². The van der Waals surface area contributed by atoms with Crippen molar-refractivity contribution in [1.29, 1.82) is 0 Å². The van der Waals surface area contributed by atoms with Crippen molar-refractivity contribution >= 4 is 17.0 Å². The van der Waals surface area contributed by atoms with Crippen LogP contribution >= 0.6 is 0 Å². The molecule has 1 unspecified atom stereocenters. The molecule has 0 rings (SSSR count). The van der Waals surface area contributed by atoms with E-state index in [1.807, 2.05) is 0 Å². The minimum atomic E-state index is -1.48. The molecule has 0 saturated carbocycles. The van der Waals surface area contributed by atoms with Crippen molar-refractivity contribution in [1.82, 2.24) is 4.31 Å². The Hall–Kier alpha value is -0.420. The number of rotatable bonds is 3. The van der Waals surface area contributed by atoms with E-state index in [0.717, 1.165) is 0 Å². The number of nitrogens with zero attached hydrogens (tertiary/aromatic N) is 1. The largest absolute Gasteiger partial charge is 0.480 e. The van der Waals surface area contributed by atoms with Gasteiger partial charge in [-0.1, -0.05) is 0 Å². The van der Waals surface area contributed by atoms with E-state index in [2.05, 4.69) is 0 Å². The highest BCUT2D eigenvalue weighted by Crippen LogP contribution is 2.14. The summed E-state index contributed by atoms with van der Waals surface area (Å²) >= 11 is 0. The molecule has 0 spiro atoms. The van der Waals surface area contributed by atoms with Gasteiger partial charge in [-0.2, -0.15) is 0 Å². The smallest absolute Gasteiger partial charge is 0.323 e. The number of carboxylic acid groups (broad SMARTS) is 1. The molecule has 0 radical (unpaired) electrons. The summed E-state index contributed by atoms with van der Waals surface area (Å²) < 4.78 is 11.4. The zero-order valence-corrected chi connectivity index (χ0v) is 7.94. The first-order valence-electron chi connectivity index (χ1n) is 3.13. The van der Waals surface area contributed by atoms with Crippen molar-refractivity contribution in [3.8, 4) is 0 Å². The average molecular weight is 179 g/mol. The van der Waals surface area contributed by atoms with Crippen LogP contribution in [0.5, 0.6) is 0 Å². The molecule has 0 fully saturated rings. The normalized spacial score (nSPS) is 15.0. The lowest BCUT2D eigenvalue weighted by molar-refractivity contribution is -0.139.